The van der Waals surface area contributed by atoms with Crippen molar-refractivity contribution in [2.24, 2.45) is 0 Å². The van der Waals surface area contributed by atoms with Crippen molar-refractivity contribution in [2.45, 2.75) is 12.6 Å². The molecule has 0 N–H and O–H groups in total. The molecule has 26 heavy (non-hydrogen) atoms. The monoisotopic (exact) mass is 443 g/mol. The minimum absolute atomic E-state index is 0. The minimum Gasteiger partial charge on any atom is -0.484 e. The Bertz CT molecular complexity index is 744. The summed E-state index contributed by atoms with van der Waals surface area (Å²) in [5.74, 6) is 2.35. The zero-order valence-electron chi connectivity index (χ0n) is 13.5. The Morgan fingerprint density at radius 2 is 1.85 bits per heavy atom. The maximum atomic E-state index is 12.9. The second-order valence-electron chi connectivity index (χ2n) is 5.07. The first kappa shape index (κ1) is 22.4. The first-order chi connectivity index (χ1) is 11.7. The molecule has 1 aromatic carbocycles. The van der Waals surface area contributed by atoms with Gasteiger partial charge in [0.25, 0.3) is 6.43 Å². The largest absolute Gasteiger partial charge is 0.484 e. The third-order valence-electron chi connectivity index (χ3n) is 3.27. The van der Waals surface area contributed by atoms with Gasteiger partial charge in [-0.3, -0.25) is 0 Å². The van der Waals surface area contributed by atoms with Gasteiger partial charge < -0.3 is 9.64 Å². The predicted octanol–water partition coefficient (Wildman–Crippen LogP) is 4.42. The van der Waals surface area contributed by atoms with Crippen LogP contribution < -0.4 is 4.74 Å². The van der Waals surface area contributed by atoms with Crippen LogP contribution in [0.15, 0.2) is 48.2 Å². The number of alkyl halides is 5. The number of ether oxygens (including phenoxy) is 1. The Balaban J connectivity index is 0.00000338. The van der Waals surface area contributed by atoms with Crippen molar-refractivity contribution in [3.63, 3.8) is 0 Å². The van der Waals surface area contributed by atoms with Gasteiger partial charge in [0.15, 0.2) is 6.61 Å². The molecule has 2 nitrogen and oxygen atoms in total. The van der Waals surface area contributed by atoms with Crippen LogP contribution in [0.25, 0.3) is 5.70 Å². The Kier molecular flexibility index (Phi) is 8.04. The fourth-order valence-corrected chi connectivity index (χ4v) is 2.16. The molecule has 0 spiro atoms. The molecule has 0 aromatic heterocycles. The van der Waals surface area contributed by atoms with Gasteiger partial charge in [0, 0.05) is 32.7 Å². The van der Waals surface area contributed by atoms with Crippen LogP contribution in [0, 0.1) is 18.4 Å². The number of rotatable bonds is 5. The summed E-state index contributed by atoms with van der Waals surface area (Å²) in [7, 11) is 0. The summed E-state index contributed by atoms with van der Waals surface area (Å²) >= 11 is 0. The number of nitrogens with zero attached hydrogens (tertiary/aromatic N) is 1. The molecule has 2 rings (SSSR count). The van der Waals surface area contributed by atoms with E-state index in [-0.39, 0.29) is 44.2 Å². The number of terminal acetylenes is 1. The molecule has 1 aliphatic heterocycles. The fourth-order valence-electron chi connectivity index (χ4n) is 2.16. The van der Waals surface area contributed by atoms with Crippen LogP contribution in [0.3, 0.4) is 0 Å². The molecule has 0 bridgehead atoms. The minimum atomic E-state index is -4.44. The van der Waals surface area contributed by atoms with Gasteiger partial charge in [0.05, 0.1) is 6.54 Å². The number of hydrogen-bond donors (Lipinski definition) is 0. The molecule has 1 radical (unpaired) electrons. The number of hydrogen-bond acceptors (Lipinski definition) is 2. The van der Waals surface area contributed by atoms with Gasteiger partial charge in [-0.05, 0) is 17.8 Å². The zero-order chi connectivity index (χ0) is 18.6. The quantitative estimate of drug-likeness (QED) is 0.380. The molecule has 1 aliphatic rings. The van der Waals surface area contributed by atoms with Crippen molar-refractivity contribution in [3.05, 3.63) is 59.8 Å². The molecule has 0 saturated carbocycles. The van der Waals surface area contributed by atoms with Crippen LogP contribution in [0.2, 0.25) is 0 Å². The van der Waals surface area contributed by atoms with Gasteiger partial charge in [-0.25, -0.2) is 8.78 Å². The van der Waals surface area contributed by atoms with E-state index in [4.69, 9.17) is 6.42 Å². The van der Waals surface area contributed by atoms with E-state index in [1.807, 2.05) is 0 Å². The van der Waals surface area contributed by atoms with E-state index in [0.29, 0.717) is 16.8 Å². The third kappa shape index (κ3) is 5.96. The van der Waals surface area contributed by atoms with E-state index in [0.717, 1.165) is 0 Å². The number of allylic oxidation sites excluding steroid dienone is 3. The molecule has 8 heteroatoms. The molecule has 0 amide bonds. The van der Waals surface area contributed by atoms with Crippen LogP contribution in [0.5, 0.6) is 5.75 Å². The van der Waals surface area contributed by atoms with E-state index >= 15 is 0 Å². The third-order valence-corrected chi connectivity index (χ3v) is 3.27. The summed E-state index contributed by atoms with van der Waals surface area (Å²) in [5, 5.41) is 0. The molecular weight excluding hydrogens is 430 g/mol. The van der Waals surface area contributed by atoms with Gasteiger partial charge >= 0.3 is 6.18 Å². The molecule has 1 aromatic rings. The Morgan fingerprint density at radius 3 is 2.35 bits per heavy atom. The van der Waals surface area contributed by atoms with Crippen LogP contribution >= 0.6 is 0 Å². The smallest absolute Gasteiger partial charge is 0.422 e. The second kappa shape index (κ2) is 9.34. The van der Waals surface area contributed by atoms with Gasteiger partial charge in [0.2, 0.25) is 0 Å². The van der Waals surface area contributed by atoms with Crippen LogP contribution in [-0.4, -0.2) is 30.7 Å². The number of halogens is 5. The topological polar surface area (TPSA) is 12.5 Å². The molecule has 0 unspecified atom stereocenters. The first-order valence-electron chi connectivity index (χ1n) is 7.06. The fraction of sp³-hybridized carbons (Fsp3) is 0.222. The van der Waals surface area contributed by atoms with Crippen molar-refractivity contribution >= 4 is 5.70 Å². The first-order valence-corrected chi connectivity index (χ1v) is 7.06. The average molecular weight is 443 g/mol. The molecule has 135 valence electrons. The van der Waals surface area contributed by atoms with E-state index in [1.165, 1.54) is 35.2 Å². The van der Waals surface area contributed by atoms with Gasteiger partial charge in [0.1, 0.15) is 5.75 Å². The van der Waals surface area contributed by atoms with E-state index in [1.54, 1.807) is 0 Å². The maximum absolute atomic E-state index is 12.9. The predicted molar refractivity (Wildman–Crippen MR) is 83.4 cm³/mol. The van der Waals surface area contributed by atoms with Crippen LogP contribution in [0.4, 0.5) is 22.0 Å². The van der Waals surface area contributed by atoms with Crippen molar-refractivity contribution in [1.29, 1.82) is 0 Å². The number of benzene rings is 1. The normalized spacial score (nSPS) is 14.3. The van der Waals surface area contributed by atoms with Crippen LogP contribution in [-0.2, 0) is 32.7 Å². The summed E-state index contributed by atoms with van der Waals surface area (Å²) in [6.45, 7) is 1.68. The van der Waals surface area contributed by atoms with Crippen molar-refractivity contribution in [3.8, 4) is 18.1 Å². The molecule has 0 atom stereocenters. The van der Waals surface area contributed by atoms with Crippen LogP contribution in [0.1, 0.15) is 5.56 Å². The summed E-state index contributed by atoms with van der Waals surface area (Å²) in [5.41, 5.74) is 1.32. The van der Waals surface area contributed by atoms with E-state index in [2.05, 4.69) is 23.3 Å². The molecule has 0 aliphatic carbocycles. The SMILES string of the molecule is C#CC1=C[C-]=C(c2ccc(OCC(F)(F)F)cc2)N(CC(F)F)C1=C.[Y]. The summed E-state index contributed by atoms with van der Waals surface area (Å²) in [6, 6.07) is 5.54. The zero-order valence-corrected chi connectivity index (χ0v) is 16.3. The summed E-state index contributed by atoms with van der Waals surface area (Å²) < 4.78 is 66.8. The van der Waals surface area contributed by atoms with Crippen molar-refractivity contribution in [1.82, 2.24) is 4.90 Å². The molecule has 0 fully saturated rings. The Morgan fingerprint density at radius 1 is 1.23 bits per heavy atom. The van der Waals surface area contributed by atoms with E-state index in [9.17, 15) is 22.0 Å². The Hall–Kier alpha value is -1.65. The van der Waals surface area contributed by atoms with Gasteiger partial charge in [-0.1, -0.05) is 23.4 Å². The standard InChI is InChI=1S/C18H13F5NO.Y/c1-3-13-6-9-16(24(12(13)2)10-17(19)20)14-4-7-15(8-5-14)25-11-18(21,22)23;/h1,4-8,17H,2,10-11H2;/q-1;. The van der Waals surface area contributed by atoms with Crippen molar-refractivity contribution in [2.75, 3.05) is 13.2 Å². The second-order valence-corrected chi connectivity index (χ2v) is 5.07. The summed E-state index contributed by atoms with van der Waals surface area (Å²) in [6.07, 6.45) is 2.50. The van der Waals surface area contributed by atoms with Crippen molar-refractivity contribution < 1.29 is 59.4 Å². The Labute approximate surface area is 173 Å². The average Bonchev–Trinajstić information content (AvgIpc) is 2.54. The van der Waals surface area contributed by atoms with Gasteiger partial charge in [-0.2, -0.15) is 25.3 Å². The molecule has 0 saturated heterocycles. The molecule has 1 heterocycles. The van der Waals surface area contributed by atoms with Gasteiger partial charge in [-0.15, -0.1) is 24.5 Å². The van der Waals surface area contributed by atoms with E-state index < -0.39 is 25.8 Å². The molecular formula is C18H13F5NOY-. The summed E-state index contributed by atoms with van der Waals surface area (Å²) in [4.78, 5) is 1.23. The maximum Gasteiger partial charge on any atom is 0.422 e.